The standard InChI is InChI=1S/C21H23ClN4O3S/c1-14(25-30(28,29)17-10-8-16(22)9-11-17)21(27)26-12-4-5-15(13-26)20-23-18-6-2-3-7-19(18)24-20/h2-3,6-11,14-15,25H,4-5,12-13H2,1H3,(H,23,24). The second kappa shape index (κ2) is 8.37. The average molecular weight is 447 g/mol. The van der Waals surface area contributed by atoms with Gasteiger partial charge in [0.05, 0.1) is 22.0 Å². The number of rotatable bonds is 5. The molecule has 0 spiro atoms. The summed E-state index contributed by atoms with van der Waals surface area (Å²) in [5.41, 5.74) is 1.88. The van der Waals surface area contributed by atoms with Gasteiger partial charge in [0, 0.05) is 24.0 Å². The van der Waals surface area contributed by atoms with E-state index in [-0.39, 0.29) is 16.7 Å². The van der Waals surface area contributed by atoms with Gasteiger partial charge in [0.15, 0.2) is 0 Å². The predicted octanol–water partition coefficient (Wildman–Crippen LogP) is 3.29. The number of hydrogen-bond acceptors (Lipinski definition) is 4. The Labute approximate surface area is 180 Å². The van der Waals surface area contributed by atoms with Crippen LogP contribution < -0.4 is 4.72 Å². The fourth-order valence-electron chi connectivity index (χ4n) is 3.81. The van der Waals surface area contributed by atoms with E-state index in [1.807, 2.05) is 24.3 Å². The monoisotopic (exact) mass is 446 g/mol. The van der Waals surface area contributed by atoms with Crippen LogP contribution in [0.1, 0.15) is 31.5 Å². The smallest absolute Gasteiger partial charge is 0.241 e. The Bertz CT molecular complexity index is 1130. The number of sulfonamides is 1. The molecule has 1 amide bonds. The van der Waals surface area contributed by atoms with Gasteiger partial charge >= 0.3 is 0 Å². The molecule has 1 fully saturated rings. The number of piperidine rings is 1. The zero-order valence-electron chi connectivity index (χ0n) is 16.5. The number of H-pyrrole nitrogens is 1. The summed E-state index contributed by atoms with van der Waals surface area (Å²) in [6, 6.07) is 12.8. The van der Waals surface area contributed by atoms with Crippen molar-refractivity contribution < 1.29 is 13.2 Å². The van der Waals surface area contributed by atoms with Crippen molar-refractivity contribution in [2.75, 3.05) is 13.1 Å². The van der Waals surface area contributed by atoms with E-state index in [0.29, 0.717) is 18.1 Å². The highest BCUT2D eigenvalue weighted by Gasteiger charge is 2.31. The molecule has 2 aromatic carbocycles. The van der Waals surface area contributed by atoms with Gasteiger partial charge in [-0.25, -0.2) is 13.4 Å². The maximum Gasteiger partial charge on any atom is 0.241 e. The molecule has 1 aliphatic rings. The Morgan fingerprint density at radius 3 is 2.70 bits per heavy atom. The lowest BCUT2D eigenvalue weighted by Crippen LogP contribution is -2.49. The number of hydrogen-bond donors (Lipinski definition) is 2. The van der Waals surface area contributed by atoms with E-state index >= 15 is 0 Å². The van der Waals surface area contributed by atoms with Crippen LogP contribution in [0.3, 0.4) is 0 Å². The Morgan fingerprint density at radius 1 is 1.23 bits per heavy atom. The summed E-state index contributed by atoms with van der Waals surface area (Å²) >= 11 is 5.83. The number of benzene rings is 2. The number of carbonyl (C=O) groups excluding carboxylic acids is 1. The van der Waals surface area contributed by atoms with Crippen LogP contribution in [0.15, 0.2) is 53.4 Å². The molecule has 30 heavy (non-hydrogen) atoms. The molecule has 3 aromatic rings. The third-order valence-electron chi connectivity index (χ3n) is 5.35. The topological polar surface area (TPSA) is 95.2 Å². The number of aromatic amines is 1. The lowest BCUT2D eigenvalue weighted by atomic mass is 9.97. The van der Waals surface area contributed by atoms with Crippen LogP contribution in [-0.2, 0) is 14.8 Å². The number of imidazole rings is 1. The summed E-state index contributed by atoms with van der Waals surface area (Å²) in [5, 5.41) is 0.447. The van der Waals surface area contributed by atoms with Crippen molar-refractivity contribution in [1.29, 1.82) is 0 Å². The second-order valence-corrected chi connectivity index (χ2v) is 9.71. The summed E-state index contributed by atoms with van der Waals surface area (Å²) in [7, 11) is -3.82. The van der Waals surface area contributed by atoms with Gasteiger partial charge in [0.1, 0.15) is 5.82 Å². The number of aromatic nitrogens is 2. The first-order valence-corrected chi connectivity index (χ1v) is 11.7. The highest BCUT2D eigenvalue weighted by molar-refractivity contribution is 7.89. The molecule has 1 aliphatic heterocycles. The highest BCUT2D eigenvalue weighted by Crippen LogP contribution is 2.27. The molecule has 4 rings (SSSR count). The molecule has 0 aliphatic carbocycles. The van der Waals surface area contributed by atoms with Gasteiger partial charge in [-0.2, -0.15) is 4.72 Å². The van der Waals surface area contributed by atoms with E-state index in [0.717, 1.165) is 29.7 Å². The number of nitrogens with one attached hydrogen (secondary N) is 2. The summed E-state index contributed by atoms with van der Waals surface area (Å²) in [5.74, 6) is 0.714. The summed E-state index contributed by atoms with van der Waals surface area (Å²) in [6.07, 6.45) is 1.76. The van der Waals surface area contributed by atoms with E-state index in [2.05, 4.69) is 14.7 Å². The minimum absolute atomic E-state index is 0.0744. The van der Waals surface area contributed by atoms with E-state index in [1.54, 1.807) is 11.8 Å². The largest absolute Gasteiger partial charge is 0.342 e. The van der Waals surface area contributed by atoms with Crippen molar-refractivity contribution in [3.63, 3.8) is 0 Å². The van der Waals surface area contributed by atoms with Crippen molar-refractivity contribution in [1.82, 2.24) is 19.6 Å². The van der Waals surface area contributed by atoms with Crippen molar-refractivity contribution >= 4 is 38.6 Å². The number of halogens is 1. The second-order valence-electron chi connectivity index (χ2n) is 7.56. The molecule has 0 bridgehead atoms. The van der Waals surface area contributed by atoms with Crippen LogP contribution in [-0.4, -0.2) is 48.3 Å². The SMILES string of the molecule is CC(NS(=O)(=O)c1ccc(Cl)cc1)C(=O)N1CCCC(c2nc3ccccc3[nH]2)C1. The first-order chi connectivity index (χ1) is 14.3. The molecular formula is C21H23ClN4O3S. The third-order valence-corrected chi connectivity index (χ3v) is 7.16. The lowest BCUT2D eigenvalue weighted by molar-refractivity contribution is -0.133. The summed E-state index contributed by atoms with van der Waals surface area (Å²) in [6.45, 7) is 2.68. The molecule has 2 heterocycles. The van der Waals surface area contributed by atoms with Gasteiger partial charge in [-0.1, -0.05) is 23.7 Å². The number of amides is 1. The van der Waals surface area contributed by atoms with Crippen LogP contribution in [0, 0.1) is 0 Å². The summed E-state index contributed by atoms with van der Waals surface area (Å²) < 4.78 is 27.7. The Hall–Kier alpha value is -2.42. The van der Waals surface area contributed by atoms with Gasteiger partial charge in [0.2, 0.25) is 15.9 Å². The number of likely N-dealkylation sites (tertiary alicyclic amines) is 1. The van der Waals surface area contributed by atoms with Crippen LogP contribution in [0.25, 0.3) is 11.0 Å². The first kappa shape index (κ1) is 20.8. The zero-order valence-corrected chi connectivity index (χ0v) is 18.1. The zero-order chi connectivity index (χ0) is 21.3. The molecule has 2 N–H and O–H groups in total. The number of carbonyl (C=O) groups is 1. The van der Waals surface area contributed by atoms with Crippen LogP contribution in [0.5, 0.6) is 0 Å². The number of para-hydroxylation sites is 2. The van der Waals surface area contributed by atoms with Gasteiger partial charge in [0.25, 0.3) is 0 Å². The Balaban J connectivity index is 1.45. The molecule has 0 radical (unpaired) electrons. The fourth-order valence-corrected chi connectivity index (χ4v) is 5.13. The fraction of sp³-hybridized carbons (Fsp3) is 0.333. The van der Waals surface area contributed by atoms with Crippen molar-refractivity contribution in [3.05, 3.63) is 59.4 Å². The molecule has 9 heteroatoms. The average Bonchev–Trinajstić information content (AvgIpc) is 3.17. The summed E-state index contributed by atoms with van der Waals surface area (Å²) in [4.78, 5) is 22.8. The van der Waals surface area contributed by atoms with Crippen LogP contribution >= 0.6 is 11.6 Å². The molecule has 158 valence electrons. The maximum absolute atomic E-state index is 13.0. The van der Waals surface area contributed by atoms with Gasteiger partial charge in [-0.05, 0) is 56.2 Å². The van der Waals surface area contributed by atoms with E-state index < -0.39 is 16.1 Å². The number of nitrogens with zero attached hydrogens (tertiary/aromatic N) is 2. The molecule has 2 atom stereocenters. The molecule has 1 saturated heterocycles. The van der Waals surface area contributed by atoms with Crippen molar-refractivity contribution in [2.45, 2.75) is 36.6 Å². The van der Waals surface area contributed by atoms with Crippen LogP contribution in [0.2, 0.25) is 5.02 Å². The van der Waals surface area contributed by atoms with Crippen molar-refractivity contribution in [3.8, 4) is 0 Å². The normalized spacial score (nSPS) is 18.5. The van der Waals surface area contributed by atoms with Gasteiger partial charge < -0.3 is 9.88 Å². The van der Waals surface area contributed by atoms with Gasteiger partial charge in [-0.15, -0.1) is 0 Å². The van der Waals surface area contributed by atoms with E-state index in [4.69, 9.17) is 11.6 Å². The molecular weight excluding hydrogens is 424 g/mol. The van der Waals surface area contributed by atoms with E-state index in [9.17, 15) is 13.2 Å². The quantitative estimate of drug-likeness (QED) is 0.628. The molecule has 0 saturated carbocycles. The molecule has 1 aromatic heterocycles. The molecule has 2 unspecified atom stereocenters. The van der Waals surface area contributed by atoms with E-state index in [1.165, 1.54) is 24.3 Å². The Morgan fingerprint density at radius 2 is 1.97 bits per heavy atom. The molecule has 7 nitrogen and oxygen atoms in total. The predicted molar refractivity (Wildman–Crippen MR) is 116 cm³/mol. The minimum Gasteiger partial charge on any atom is -0.342 e. The van der Waals surface area contributed by atoms with Gasteiger partial charge in [-0.3, -0.25) is 4.79 Å². The minimum atomic E-state index is -3.82. The number of fused-ring (bicyclic) bond motifs is 1. The Kier molecular flexibility index (Phi) is 5.81. The first-order valence-electron chi connectivity index (χ1n) is 9.85. The third kappa shape index (κ3) is 4.35. The maximum atomic E-state index is 13.0. The highest BCUT2D eigenvalue weighted by atomic mass is 35.5. The lowest BCUT2D eigenvalue weighted by Gasteiger charge is -2.33. The van der Waals surface area contributed by atoms with Crippen molar-refractivity contribution in [2.24, 2.45) is 0 Å². The van der Waals surface area contributed by atoms with Crippen LogP contribution in [0.4, 0.5) is 0 Å².